The maximum Gasteiger partial charge on any atom is 0.289 e. The summed E-state index contributed by atoms with van der Waals surface area (Å²) in [6.45, 7) is 8.31. The van der Waals surface area contributed by atoms with Crippen LogP contribution >= 0.6 is 15.9 Å². The first-order valence-corrected chi connectivity index (χ1v) is 11.3. The van der Waals surface area contributed by atoms with E-state index >= 15 is 0 Å². The van der Waals surface area contributed by atoms with Crippen LogP contribution in [0.25, 0.3) is 0 Å². The van der Waals surface area contributed by atoms with Gasteiger partial charge in [-0.15, -0.1) is 0 Å². The van der Waals surface area contributed by atoms with Gasteiger partial charge < -0.3 is 14.1 Å². The number of ether oxygens (including phenoxy) is 1. The molecule has 1 aliphatic rings. The van der Waals surface area contributed by atoms with Crippen LogP contribution in [0.4, 0.5) is 0 Å². The lowest BCUT2D eigenvalue weighted by Gasteiger charge is -2.34. The Labute approximate surface area is 191 Å². The van der Waals surface area contributed by atoms with Gasteiger partial charge in [-0.05, 0) is 54.8 Å². The molecule has 4 rings (SSSR count). The number of nitrogens with zero attached hydrogens (tertiary/aromatic N) is 2. The molecule has 5 nitrogen and oxygen atoms in total. The standard InChI is InChI=1S/C25H27BrN2O3/c1-18-7-8-19(2)24(15-18)30-17-21-9-10-23(31-21)25(29)28-13-11-27(12-14-28)16-20-5-3-4-6-22(20)26/h3-10,15H,11-14,16-17H2,1-2H3. The summed E-state index contributed by atoms with van der Waals surface area (Å²) in [5, 5.41) is 0. The Morgan fingerprint density at radius 1 is 1.03 bits per heavy atom. The van der Waals surface area contributed by atoms with Crippen LogP contribution in [-0.2, 0) is 13.2 Å². The van der Waals surface area contributed by atoms with E-state index in [-0.39, 0.29) is 5.91 Å². The minimum atomic E-state index is -0.0569. The molecule has 6 heteroatoms. The highest BCUT2D eigenvalue weighted by atomic mass is 79.9. The summed E-state index contributed by atoms with van der Waals surface area (Å²) in [6, 6.07) is 18.0. The zero-order chi connectivity index (χ0) is 21.8. The molecule has 2 aromatic carbocycles. The van der Waals surface area contributed by atoms with Crippen molar-refractivity contribution in [1.82, 2.24) is 9.80 Å². The van der Waals surface area contributed by atoms with Crippen molar-refractivity contribution in [3.05, 3.63) is 87.3 Å². The molecule has 1 fully saturated rings. The molecule has 0 aliphatic carbocycles. The molecule has 0 unspecified atom stereocenters. The van der Waals surface area contributed by atoms with Gasteiger partial charge in [0.2, 0.25) is 0 Å². The highest BCUT2D eigenvalue weighted by molar-refractivity contribution is 9.10. The van der Waals surface area contributed by atoms with Gasteiger partial charge in [-0.3, -0.25) is 9.69 Å². The number of furan rings is 1. The first-order valence-electron chi connectivity index (χ1n) is 10.5. The van der Waals surface area contributed by atoms with Crippen molar-refractivity contribution in [1.29, 1.82) is 0 Å². The molecule has 31 heavy (non-hydrogen) atoms. The first kappa shape index (κ1) is 21.7. The van der Waals surface area contributed by atoms with Gasteiger partial charge >= 0.3 is 0 Å². The van der Waals surface area contributed by atoms with Gasteiger partial charge in [0, 0.05) is 37.2 Å². The summed E-state index contributed by atoms with van der Waals surface area (Å²) < 4.78 is 12.8. The van der Waals surface area contributed by atoms with Crippen molar-refractivity contribution < 1.29 is 13.9 Å². The number of amides is 1. The van der Waals surface area contributed by atoms with Crippen LogP contribution in [-0.4, -0.2) is 41.9 Å². The molecule has 0 spiro atoms. The summed E-state index contributed by atoms with van der Waals surface area (Å²) in [7, 11) is 0. The average Bonchev–Trinajstić information content (AvgIpc) is 3.25. The van der Waals surface area contributed by atoms with Crippen molar-refractivity contribution in [2.24, 2.45) is 0 Å². The van der Waals surface area contributed by atoms with Crippen molar-refractivity contribution >= 4 is 21.8 Å². The van der Waals surface area contributed by atoms with Crippen LogP contribution in [0.2, 0.25) is 0 Å². The molecule has 0 bridgehead atoms. The lowest BCUT2D eigenvalue weighted by atomic mass is 10.1. The maximum absolute atomic E-state index is 12.9. The quantitative estimate of drug-likeness (QED) is 0.484. The van der Waals surface area contributed by atoms with Crippen molar-refractivity contribution in [3.8, 4) is 5.75 Å². The number of hydrogen-bond acceptors (Lipinski definition) is 4. The first-order chi connectivity index (χ1) is 15.0. The normalized spacial score (nSPS) is 14.6. The molecule has 162 valence electrons. The van der Waals surface area contributed by atoms with Gasteiger partial charge in [0.05, 0.1) is 0 Å². The van der Waals surface area contributed by atoms with Crippen LogP contribution < -0.4 is 4.74 Å². The number of aryl methyl sites for hydroxylation is 2. The molecule has 3 aromatic rings. The molecular formula is C25H27BrN2O3. The van der Waals surface area contributed by atoms with E-state index in [2.05, 4.69) is 45.1 Å². The lowest BCUT2D eigenvalue weighted by Crippen LogP contribution is -2.48. The summed E-state index contributed by atoms with van der Waals surface area (Å²) in [6.07, 6.45) is 0. The highest BCUT2D eigenvalue weighted by Crippen LogP contribution is 2.22. The molecule has 0 atom stereocenters. The number of carbonyl (C=O) groups excluding carboxylic acids is 1. The fourth-order valence-corrected chi connectivity index (χ4v) is 4.12. The van der Waals surface area contributed by atoms with E-state index in [1.807, 2.05) is 43.0 Å². The molecular weight excluding hydrogens is 456 g/mol. The number of piperazine rings is 1. The minimum absolute atomic E-state index is 0.0569. The van der Waals surface area contributed by atoms with Crippen LogP contribution in [0.15, 0.2) is 63.5 Å². The number of carbonyl (C=O) groups is 1. The van der Waals surface area contributed by atoms with Gasteiger partial charge in [-0.1, -0.05) is 46.3 Å². The largest absolute Gasteiger partial charge is 0.485 e. The monoisotopic (exact) mass is 482 g/mol. The molecule has 1 aliphatic heterocycles. The summed E-state index contributed by atoms with van der Waals surface area (Å²) in [5.41, 5.74) is 3.49. The average molecular weight is 483 g/mol. The van der Waals surface area contributed by atoms with E-state index in [0.29, 0.717) is 31.2 Å². The van der Waals surface area contributed by atoms with Crippen molar-refractivity contribution in [2.75, 3.05) is 26.2 Å². The molecule has 2 heterocycles. The molecule has 0 radical (unpaired) electrons. The molecule has 0 saturated carbocycles. The number of benzene rings is 2. The Bertz CT molecular complexity index is 1050. The predicted octanol–water partition coefficient (Wildman–Crippen LogP) is 5.20. The Balaban J connectivity index is 1.30. The number of halogens is 1. The minimum Gasteiger partial charge on any atom is -0.485 e. The van der Waals surface area contributed by atoms with Gasteiger partial charge in [0.15, 0.2) is 5.76 Å². The van der Waals surface area contributed by atoms with Gasteiger partial charge in [0.1, 0.15) is 18.1 Å². The second kappa shape index (κ2) is 9.71. The third kappa shape index (κ3) is 5.38. The highest BCUT2D eigenvalue weighted by Gasteiger charge is 2.24. The van der Waals surface area contributed by atoms with Crippen LogP contribution in [0.3, 0.4) is 0 Å². The Morgan fingerprint density at radius 3 is 2.58 bits per heavy atom. The van der Waals surface area contributed by atoms with Gasteiger partial charge in [0.25, 0.3) is 5.91 Å². The number of rotatable bonds is 6. The zero-order valence-electron chi connectivity index (χ0n) is 17.9. The maximum atomic E-state index is 12.9. The third-order valence-corrected chi connectivity index (χ3v) is 6.37. The smallest absolute Gasteiger partial charge is 0.289 e. The molecule has 1 saturated heterocycles. The second-order valence-electron chi connectivity index (χ2n) is 7.98. The van der Waals surface area contributed by atoms with Crippen LogP contribution in [0, 0.1) is 13.8 Å². The summed E-state index contributed by atoms with van der Waals surface area (Å²) in [4.78, 5) is 17.1. The number of hydrogen-bond donors (Lipinski definition) is 0. The fourth-order valence-electron chi connectivity index (χ4n) is 3.71. The molecule has 1 aromatic heterocycles. The van der Waals surface area contributed by atoms with E-state index in [9.17, 15) is 4.79 Å². The van der Waals surface area contributed by atoms with Gasteiger partial charge in [-0.25, -0.2) is 0 Å². The summed E-state index contributed by atoms with van der Waals surface area (Å²) >= 11 is 3.61. The lowest BCUT2D eigenvalue weighted by molar-refractivity contribution is 0.0594. The topological polar surface area (TPSA) is 45.9 Å². The zero-order valence-corrected chi connectivity index (χ0v) is 19.5. The SMILES string of the molecule is Cc1ccc(C)c(OCc2ccc(C(=O)N3CCN(Cc4ccccc4Br)CC3)o2)c1. The molecule has 1 amide bonds. The Morgan fingerprint density at radius 2 is 1.81 bits per heavy atom. The second-order valence-corrected chi connectivity index (χ2v) is 8.84. The van der Waals surface area contributed by atoms with Crippen LogP contribution in [0.5, 0.6) is 5.75 Å². The van der Waals surface area contributed by atoms with Crippen molar-refractivity contribution in [3.63, 3.8) is 0 Å². The van der Waals surface area contributed by atoms with E-state index in [1.54, 1.807) is 6.07 Å². The molecule has 0 N–H and O–H groups in total. The van der Waals surface area contributed by atoms with E-state index in [0.717, 1.165) is 41.0 Å². The van der Waals surface area contributed by atoms with E-state index in [1.165, 1.54) is 5.56 Å². The van der Waals surface area contributed by atoms with E-state index in [4.69, 9.17) is 9.15 Å². The Hall–Kier alpha value is -2.57. The van der Waals surface area contributed by atoms with E-state index < -0.39 is 0 Å². The fraction of sp³-hybridized carbons (Fsp3) is 0.320. The predicted molar refractivity (Wildman–Crippen MR) is 124 cm³/mol. The Kier molecular flexibility index (Phi) is 6.78. The third-order valence-electron chi connectivity index (χ3n) is 5.60. The van der Waals surface area contributed by atoms with Crippen molar-refractivity contribution in [2.45, 2.75) is 27.0 Å². The van der Waals surface area contributed by atoms with Crippen LogP contribution in [0.1, 0.15) is 33.0 Å². The summed E-state index contributed by atoms with van der Waals surface area (Å²) in [5.74, 6) is 1.81. The van der Waals surface area contributed by atoms with Gasteiger partial charge in [-0.2, -0.15) is 0 Å².